The summed E-state index contributed by atoms with van der Waals surface area (Å²) in [5, 5.41) is 4.30. The first-order chi connectivity index (χ1) is 6.34. The fourth-order valence-electron chi connectivity index (χ4n) is 1.28. The van der Waals surface area contributed by atoms with E-state index < -0.39 is 0 Å². The predicted molar refractivity (Wildman–Crippen MR) is 64.7 cm³/mol. The molecule has 2 nitrogen and oxygen atoms in total. The first kappa shape index (κ1) is 18.0. The van der Waals surface area contributed by atoms with Crippen LogP contribution in [0.3, 0.4) is 0 Å². The van der Waals surface area contributed by atoms with Gasteiger partial charge in [-0.2, -0.15) is 20.8 Å². The Labute approximate surface area is 110 Å². The molecule has 1 heterocycles. The molecule has 0 amide bonds. The van der Waals surface area contributed by atoms with Crippen molar-refractivity contribution >= 4 is 0 Å². The van der Waals surface area contributed by atoms with Gasteiger partial charge >= 0.3 is 21.1 Å². The molecule has 1 aliphatic rings. The van der Waals surface area contributed by atoms with Crippen LogP contribution in [0.2, 0.25) is 0 Å². The van der Waals surface area contributed by atoms with Gasteiger partial charge in [-0.05, 0) is 33.9 Å². The largest absolute Gasteiger partial charge is 2.00 e. The van der Waals surface area contributed by atoms with Crippen LogP contribution in [-0.2, 0) is 21.1 Å². The quantitative estimate of drug-likeness (QED) is 0.589. The molecule has 1 rings (SSSR count). The maximum atomic E-state index is 4.30. The molecule has 0 bridgehead atoms. The summed E-state index contributed by atoms with van der Waals surface area (Å²) in [4.78, 5) is 2.49. The number of nitrogens with zero attached hydrogens (tertiary/aromatic N) is 2. The maximum absolute atomic E-state index is 4.30. The van der Waals surface area contributed by atoms with Crippen molar-refractivity contribution in [2.75, 3.05) is 26.2 Å². The van der Waals surface area contributed by atoms with Crippen molar-refractivity contribution in [1.29, 1.82) is 0 Å². The topological polar surface area (TPSA) is 17.3 Å². The van der Waals surface area contributed by atoms with Crippen molar-refractivity contribution < 1.29 is 21.1 Å². The van der Waals surface area contributed by atoms with Crippen LogP contribution in [0.25, 0.3) is 5.32 Å². The Morgan fingerprint density at radius 3 is 1.53 bits per heavy atom. The second-order valence-electron chi connectivity index (χ2n) is 5.33. The molecule has 90 valence electrons. The molecule has 0 aromatic carbocycles. The van der Waals surface area contributed by atoms with Crippen LogP contribution in [0.4, 0.5) is 0 Å². The first-order valence-electron chi connectivity index (χ1n) is 5.49. The molecule has 0 unspecified atom stereocenters. The summed E-state index contributed by atoms with van der Waals surface area (Å²) < 4.78 is 0. The summed E-state index contributed by atoms with van der Waals surface area (Å²) in [5.74, 6) is 1.42. The minimum absolute atomic E-state index is 0. The second kappa shape index (κ2) is 8.73. The molecular formula is C12H26N2W. The van der Waals surface area contributed by atoms with E-state index in [1.807, 2.05) is 0 Å². The summed E-state index contributed by atoms with van der Waals surface area (Å²) in [6, 6.07) is 0. The van der Waals surface area contributed by atoms with Crippen molar-refractivity contribution in [2.24, 2.45) is 0 Å². The summed E-state index contributed by atoms with van der Waals surface area (Å²) in [6.45, 7) is 17.4. The van der Waals surface area contributed by atoms with Gasteiger partial charge in [0.25, 0.3) is 0 Å². The van der Waals surface area contributed by atoms with E-state index in [1.165, 1.54) is 5.92 Å². The number of piperazine rings is 1. The van der Waals surface area contributed by atoms with E-state index in [9.17, 15) is 0 Å². The third-order valence-electron chi connectivity index (χ3n) is 2.00. The molecule has 3 heteroatoms. The zero-order valence-electron chi connectivity index (χ0n) is 11.1. The van der Waals surface area contributed by atoms with E-state index in [0.29, 0.717) is 5.54 Å². The van der Waals surface area contributed by atoms with Gasteiger partial charge in [-0.25, -0.2) is 0 Å². The molecule has 15 heavy (non-hydrogen) atoms. The minimum atomic E-state index is 0. The molecule has 0 aromatic rings. The third kappa shape index (κ3) is 10.9. The number of hydrogen-bond donors (Lipinski definition) is 0. The average molecular weight is 382 g/mol. The Bertz CT molecular complexity index is 132. The van der Waals surface area contributed by atoms with E-state index in [0.717, 1.165) is 26.2 Å². The Morgan fingerprint density at radius 2 is 1.33 bits per heavy atom. The van der Waals surface area contributed by atoms with Gasteiger partial charge in [0.2, 0.25) is 0 Å². The summed E-state index contributed by atoms with van der Waals surface area (Å²) >= 11 is 0. The Balaban J connectivity index is 0. The van der Waals surface area contributed by atoms with Crippen LogP contribution < -0.4 is 0 Å². The molecule has 0 atom stereocenters. The molecule has 1 aliphatic heterocycles. The molecular weight excluding hydrogens is 356 g/mol. The van der Waals surface area contributed by atoms with Gasteiger partial charge in [-0.3, -0.25) is 0 Å². The van der Waals surface area contributed by atoms with Gasteiger partial charge in [0.05, 0.1) is 0 Å². The van der Waals surface area contributed by atoms with Gasteiger partial charge in [-0.15, -0.1) is 13.1 Å². The van der Waals surface area contributed by atoms with Gasteiger partial charge in [-0.1, -0.05) is 0 Å². The van der Waals surface area contributed by atoms with Gasteiger partial charge in [0.1, 0.15) is 0 Å². The van der Waals surface area contributed by atoms with Crippen LogP contribution in [0.15, 0.2) is 0 Å². The smallest absolute Gasteiger partial charge is 0.660 e. The Morgan fingerprint density at radius 1 is 1.00 bits per heavy atom. The standard InChI is InChI=1S/C8H17N2.C4H9.W/c1-8(2,3)10-6-4-9-5-7-10;1-4(2)3;/h4-7H2,1-3H3;1-3H3;/q2*-1;+2. The molecule has 1 saturated heterocycles. The molecule has 1 fully saturated rings. The number of rotatable bonds is 0. The third-order valence-corrected chi connectivity index (χ3v) is 2.00. The van der Waals surface area contributed by atoms with E-state index in [2.05, 4.69) is 51.8 Å². The van der Waals surface area contributed by atoms with Gasteiger partial charge in [0.15, 0.2) is 0 Å². The SMILES string of the molecule is CC(C)(C)N1CC[N-]CC1.C[C-](C)C.[W+2]. The van der Waals surface area contributed by atoms with Gasteiger partial charge < -0.3 is 16.1 Å². The Kier molecular flexibility index (Phi) is 10.5. The number of hydrogen-bond acceptors (Lipinski definition) is 1. The van der Waals surface area contributed by atoms with Gasteiger partial charge in [0, 0.05) is 5.54 Å². The van der Waals surface area contributed by atoms with E-state index >= 15 is 0 Å². The van der Waals surface area contributed by atoms with Crippen molar-refractivity contribution in [2.45, 2.75) is 47.1 Å². The normalized spacial score (nSPS) is 17.8. The predicted octanol–water partition coefficient (Wildman–Crippen LogP) is 3.09. The first-order valence-corrected chi connectivity index (χ1v) is 5.49. The van der Waals surface area contributed by atoms with Crippen molar-refractivity contribution in [1.82, 2.24) is 4.90 Å². The van der Waals surface area contributed by atoms with E-state index in [-0.39, 0.29) is 21.1 Å². The van der Waals surface area contributed by atoms with Crippen molar-refractivity contribution in [3.8, 4) is 0 Å². The average Bonchev–Trinajstić information content (AvgIpc) is 2.03. The molecule has 0 radical (unpaired) electrons. The fourth-order valence-corrected chi connectivity index (χ4v) is 1.28. The molecule has 0 spiro atoms. The van der Waals surface area contributed by atoms with Crippen LogP contribution in [-0.4, -0.2) is 36.6 Å². The van der Waals surface area contributed by atoms with Crippen molar-refractivity contribution in [3.05, 3.63) is 11.2 Å². The van der Waals surface area contributed by atoms with Crippen molar-refractivity contribution in [3.63, 3.8) is 0 Å². The van der Waals surface area contributed by atoms with Crippen LogP contribution in [0.5, 0.6) is 0 Å². The zero-order chi connectivity index (χ0) is 11.2. The molecule has 0 N–H and O–H groups in total. The maximum Gasteiger partial charge on any atom is 2.00 e. The minimum Gasteiger partial charge on any atom is -0.660 e. The van der Waals surface area contributed by atoms with E-state index in [1.54, 1.807) is 0 Å². The Hall–Kier alpha value is 0.608. The summed E-state index contributed by atoms with van der Waals surface area (Å²) in [7, 11) is 0. The summed E-state index contributed by atoms with van der Waals surface area (Å²) in [5.41, 5.74) is 0.343. The van der Waals surface area contributed by atoms with Crippen LogP contribution >= 0.6 is 0 Å². The molecule has 0 saturated carbocycles. The monoisotopic (exact) mass is 382 g/mol. The fraction of sp³-hybridized carbons (Fsp3) is 0.917. The second-order valence-corrected chi connectivity index (χ2v) is 5.33. The summed E-state index contributed by atoms with van der Waals surface area (Å²) in [6.07, 6.45) is 0. The van der Waals surface area contributed by atoms with Crippen LogP contribution in [0.1, 0.15) is 41.5 Å². The zero-order valence-corrected chi connectivity index (χ0v) is 14.1. The van der Waals surface area contributed by atoms with E-state index in [4.69, 9.17) is 0 Å². The molecule has 0 aromatic heterocycles. The van der Waals surface area contributed by atoms with Crippen LogP contribution in [0, 0.1) is 5.92 Å². The molecule has 0 aliphatic carbocycles.